The molecule has 0 aromatic carbocycles. The van der Waals surface area contributed by atoms with E-state index >= 15 is 0 Å². The Bertz CT molecular complexity index is 859. The summed E-state index contributed by atoms with van der Waals surface area (Å²) in [4.78, 5) is 0. The minimum Gasteiger partial charge on any atom is -0.325 e. The Morgan fingerprint density at radius 3 is 0.946 bits per heavy atom. The zero-order chi connectivity index (χ0) is 30.5. The molecule has 6 nitrogen and oxygen atoms in total. The molecule has 0 heterocycles. The molecule has 0 amide bonds. The van der Waals surface area contributed by atoms with Crippen molar-refractivity contribution >= 4 is 22.1 Å². The molecule has 224 valence electrons. The monoisotopic (exact) mass is 586 g/mol. The number of hydrogen-bond acceptors (Lipinski definition) is 6. The van der Waals surface area contributed by atoms with Crippen LogP contribution < -0.4 is 0 Å². The first kappa shape index (κ1) is 37.6. The standard InChI is InChI=1S/C28H61O6P3/c1-21(33-36(30,25(8,9)10)26(11,12)13)22(34-37(31,27(14,15)16)28(17,18)19)20-32-35(29,23(2,3)4)24(5,6)7/h21-22H,20H2,1-19H3. The van der Waals surface area contributed by atoms with E-state index < -0.39 is 65.3 Å². The van der Waals surface area contributed by atoms with Crippen molar-refractivity contribution in [3.05, 3.63) is 0 Å². The fourth-order valence-corrected chi connectivity index (χ4v) is 14.6. The molecule has 2 unspecified atom stereocenters. The van der Waals surface area contributed by atoms with Crippen LogP contribution in [-0.2, 0) is 27.3 Å². The lowest BCUT2D eigenvalue weighted by Crippen LogP contribution is -2.42. The molecule has 0 aliphatic heterocycles. The van der Waals surface area contributed by atoms with E-state index in [1.807, 2.05) is 125 Å². The lowest BCUT2D eigenvalue weighted by molar-refractivity contribution is 0.0263. The highest BCUT2D eigenvalue weighted by atomic mass is 31.2. The molecule has 0 aromatic rings. The first-order valence-electron chi connectivity index (χ1n) is 13.5. The van der Waals surface area contributed by atoms with E-state index in [0.29, 0.717) is 0 Å². The third kappa shape index (κ3) is 7.86. The van der Waals surface area contributed by atoms with Gasteiger partial charge in [-0.1, -0.05) is 125 Å². The van der Waals surface area contributed by atoms with E-state index in [9.17, 15) is 13.7 Å². The van der Waals surface area contributed by atoms with Crippen LogP contribution in [0.15, 0.2) is 0 Å². The molecule has 0 rings (SSSR count). The molecule has 0 saturated carbocycles. The van der Waals surface area contributed by atoms with Crippen molar-refractivity contribution in [3.8, 4) is 0 Å². The fraction of sp³-hybridized carbons (Fsp3) is 1.00. The van der Waals surface area contributed by atoms with Crippen LogP contribution in [0.4, 0.5) is 0 Å². The Kier molecular flexibility index (Phi) is 11.3. The molecule has 37 heavy (non-hydrogen) atoms. The second kappa shape index (κ2) is 11.1. The number of rotatable bonds is 8. The molecule has 2 atom stereocenters. The van der Waals surface area contributed by atoms with Gasteiger partial charge in [0.25, 0.3) is 0 Å². The summed E-state index contributed by atoms with van der Waals surface area (Å²) in [5.41, 5.74) is 0. The van der Waals surface area contributed by atoms with Crippen molar-refractivity contribution < 1.29 is 27.3 Å². The molecule has 0 N–H and O–H groups in total. The van der Waals surface area contributed by atoms with Crippen molar-refractivity contribution in [3.63, 3.8) is 0 Å². The predicted molar refractivity (Wildman–Crippen MR) is 163 cm³/mol. The van der Waals surface area contributed by atoms with Gasteiger partial charge in [0.2, 0.25) is 22.1 Å². The summed E-state index contributed by atoms with van der Waals surface area (Å²) in [5, 5.41) is -3.84. The SMILES string of the molecule is CC(OP(=O)(C(C)(C)C)C(C)(C)C)C(COP(=O)(C(C)(C)C)C(C)(C)C)OP(=O)(C(C)(C)C)C(C)(C)C. The molecule has 0 saturated heterocycles. The third-order valence-electron chi connectivity index (χ3n) is 6.84. The van der Waals surface area contributed by atoms with Crippen LogP contribution in [-0.4, -0.2) is 49.8 Å². The van der Waals surface area contributed by atoms with Gasteiger partial charge in [-0.05, 0) is 6.92 Å². The van der Waals surface area contributed by atoms with E-state index in [-0.39, 0.29) is 6.61 Å². The lowest BCUT2D eigenvalue weighted by atomic mass is 10.2. The average Bonchev–Trinajstić information content (AvgIpc) is 2.58. The molecule has 0 fully saturated rings. The van der Waals surface area contributed by atoms with Crippen molar-refractivity contribution in [2.24, 2.45) is 0 Å². The third-order valence-corrected chi connectivity index (χ3v) is 19.1. The summed E-state index contributed by atoms with van der Waals surface area (Å²) < 4.78 is 62.7. The minimum atomic E-state index is -3.35. The fourth-order valence-electron chi connectivity index (χ4n) is 4.96. The first-order chi connectivity index (χ1) is 15.7. The Hall–Kier alpha value is 0.570. The van der Waals surface area contributed by atoms with Gasteiger partial charge in [0, 0.05) is 30.9 Å². The van der Waals surface area contributed by atoms with Gasteiger partial charge in [0.1, 0.15) is 6.10 Å². The van der Waals surface area contributed by atoms with Crippen LogP contribution in [0.2, 0.25) is 0 Å². The van der Waals surface area contributed by atoms with Crippen LogP contribution in [0.25, 0.3) is 0 Å². The van der Waals surface area contributed by atoms with Crippen molar-refractivity contribution in [1.29, 1.82) is 0 Å². The molecule has 0 aromatic heterocycles. The van der Waals surface area contributed by atoms with Crippen LogP contribution in [0.3, 0.4) is 0 Å². The zero-order valence-corrected chi connectivity index (χ0v) is 30.3. The van der Waals surface area contributed by atoms with E-state index in [1.165, 1.54) is 0 Å². The lowest BCUT2D eigenvalue weighted by Gasteiger charge is -2.46. The van der Waals surface area contributed by atoms with E-state index in [2.05, 4.69) is 0 Å². The smallest absolute Gasteiger partial charge is 0.213 e. The van der Waals surface area contributed by atoms with Gasteiger partial charge in [-0.2, -0.15) is 0 Å². The molecule has 9 heteroatoms. The topological polar surface area (TPSA) is 78.9 Å². The van der Waals surface area contributed by atoms with Crippen molar-refractivity contribution in [2.45, 2.75) is 175 Å². The molecular formula is C28H61O6P3. The van der Waals surface area contributed by atoms with Crippen molar-refractivity contribution in [2.75, 3.05) is 6.61 Å². The summed E-state index contributed by atoms with van der Waals surface area (Å²) in [6, 6.07) is 0. The highest BCUT2D eigenvalue weighted by Crippen LogP contribution is 2.72. The summed E-state index contributed by atoms with van der Waals surface area (Å²) in [6.07, 6.45) is -1.57. The van der Waals surface area contributed by atoms with E-state index in [4.69, 9.17) is 13.6 Å². The van der Waals surface area contributed by atoms with Crippen LogP contribution >= 0.6 is 22.1 Å². The quantitative estimate of drug-likeness (QED) is 0.263. The van der Waals surface area contributed by atoms with Crippen molar-refractivity contribution in [1.82, 2.24) is 0 Å². The van der Waals surface area contributed by atoms with Crippen LogP contribution in [0, 0.1) is 0 Å². The second-order valence-electron chi connectivity index (χ2n) is 16.4. The highest BCUT2D eigenvalue weighted by Gasteiger charge is 2.54. The van der Waals surface area contributed by atoms with E-state index in [0.717, 1.165) is 0 Å². The van der Waals surface area contributed by atoms with Gasteiger partial charge < -0.3 is 13.6 Å². The highest BCUT2D eigenvalue weighted by molar-refractivity contribution is 7.63. The Balaban J connectivity index is 6.86. The van der Waals surface area contributed by atoms with E-state index in [1.54, 1.807) is 6.92 Å². The summed E-state index contributed by atoms with van der Waals surface area (Å²) >= 11 is 0. The van der Waals surface area contributed by atoms with Crippen LogP contribution in [0.1, 0.15) is 132 Å². The minimum absolute atomic E-state index is 0.0859. The van der Waals surface area contributed by atoms with Gasteiger partial charge >= 0.3 is 0 Å². The molecule has 0 aliphatic carbocycles. The Labute approximate surface area is 230 Å². The van der Waals surface area contributed by atoms with Gasteiger partial charge in [-0.15, -0.1) is 0 Å². The maximum Gasteiger partial charge on any atom is 0.213 e. The van der Waals surface area contributed by atoms with Gasteiger partial charge in [0.15, 0.2) is 0 Å². The first-order valence-corrected chi connectivity index (χ1v) is 18.4. The summed E-state index contributed by atoms with van der Waals surface area (Å²) in [5.74, 6) is 0. The van der Waals surface area contributed by atoms with Gasteiger partial charge in [-0.25, -0.2) is 0 Å². The maximum absolute atomic E-state index is 14.6. The number of hydrogen-bond donors (Lipinski definition) is 0. The largest absolute Gasteiger partial charge is 0.325 e. The Morgan fingerprint density at radius 1 is 0.459 bits per heavy atom. The van der Waals surface area contributed by atoms with Gasteiger partial charge in [0.05, 0.1) is 12.7 Å². The Morgan fingerprint density at radius 2 is 0.703 bits per heavy atom. The zero-order valence-electron chi connectivity index (χ0n) is 27.7. The average molecular weight is 587 g/mol. The molecule has 0 radical (unpaired) electrons. The molecular weight excluding hydrogens is 525 g/mol. The summed E-state index contributed by atoms with van der Waals surface area (Å²) in [7, 11) is -9.85. The van der Waals surface area contributed by atoms with Gasteiger partial charge in [-0.3, -0.25) is 13.7 Å². The second-order valence-corrected chi connectivity index (χ2v) is 28.5. The molecule has 0 bridgehead atoms. The predicted octanol–water partition coefficient (Wildman–Crippen LogP) is 10.4. The summed E-state index contributed by atoms with van der Waals surface area (Å²) in [6.45, 7) is 36.2. The molecule has 0 spiro atoms. The molecule has 0 aliphatic rings. The maximum atomic E-state index is 14.6. The normalized spacial score (nSPS) is 17.6. The van der Waals surface area contributed by atoms with Crippen LogP contribution in [0.5, 0.6) is 0 Å².